The van der Waals surface area contributed by atoms with E-state index < -0.39 is 90.7 Å². The molecule has 17 heteroatoms. The maximum Gasteiger partial charge on any atom is 0.215 e. The summed E-state index contributed by atoms with van der Waals surface area (Å²) in [6.07, 6.45) is -7.63. The molecule has 0 spiro atoms. The molecule has 0 radical (unpaired) electrons. The Hall–Kier alpha value is -1.39. The van der Waals surface area contributed by atoms with Gasteiger partial charge in [-0.15, -0.1) is 0 Å². The van der Waals surface area contributed by atoms with Crippen molar-refractivity contribution < 1.29 is 44.2 Å². The lowest BCUT2D eigenvalue weighted by Crippen LogP contribution is -2.76. The van der Waals surface area contributed by atoms with E-state index in [4.69, 9.17) is 53.3 Å². The van der Waals surface area contributed by atoms with Crippen molar-refractivity contribution in [2.24, 2.45) is 34.4 Å². The Morgan fingerprint density at radius 3 is 2.48 bits per heavy atom. The molecule has 0 bridgehead atoms. The van der Waals surface area contributed by atoms with Crippen molar-refractivity contribution in [2.75, 3.05) is 33.8 Å². The molecule has 2 saturated heterocycles. The van der Waals surface area contributed by atoms with E-state index in [0.717, 1.165) is 0 Å². The lowest BCUT2D eigenvalue weighted by molar-refractivity contribution is -0.308. The van der Waals surface area contributed by atoms with Gasteiger partial charge in [0.15, 0.2) is 12.1 Å². The Morgan fingerprint density at radius 1 is 1.20 bits per heavy atom. The number of hydrogen-bond donors (Lipinski definition) is 11. The first-order chi connectivity index (χ1) is 20.5. The average molecular weight is 633 g/mol. The van der Waals surface area contributed by atoms with Crippen LogP contribution in [-0.4, -0.2) is 155 Å². The first-order valence-electron chi connectivity index (χ1n) is 15.0. The van der Waals surface area contributed by atoms with Crippen LogP contribution in [0.25, 0.3) is 0 Å². The summed E-state index contributed by atoms with van der Waals surface area (Å²) in [7, 11) is 3.48. The van der Waals surface area contributed by atoms with Crippen molar-refractivity contribution in [1.82, 2.24) is 10.2 Å². The Balaban J connectivity index is 1.57. The molecule has 1 unspecified atom stereocenters. The van der Waals surface area contributed by atoms with Gasteiger partial charge >= 0.3 is 0 Å². The molecule has 15 atom stereocenters. The molecule has 3 heterocycles. The smallest absolute Gasteiger partial charge is 0.215 e. The minimum atomic E-state index is -2.07. The quantitative estimate of drug-likeness (QED) is 0.107. The van der Waals surface area contributed by atoms with E-state index in [9.17, 15) is 25.2 Å². The standard InChI is InChI=1S/C27H52N8O9/c1-26(40)10-41-25(19(38)21(26)34-2)44-23-18(37)20(13(31)7-27(23,33)22(39)15(36)8-28)43-24-12(30)4-5-16(42-24)17(32)14-6-11(29)9-35(14)3/h5,11-15,17-21,23-25,34,36-38,40H,4,6-10,28-33H2,1-3H3/t11-,12+,13-,14-,15-,17?,18-,19+,20+,21+,23+,24+,25+,26-,27-/m0/s1. The molecule has 3 fully saturated rings. The topological polar surface area (TPSA) is 306 Å². The molecule has 4 rings (SSSR count). The van der Waals surface area contributed by atoms with Gasteiger partial charge in [0.1, 0.15) is 47.4 Å². The SMILES string of the molecule is CN[C@@H]1[C@@H](O)[C@@H](O[C@@H]2[C@@H](O)[C@H](O[C@H]3OC(C(N)[C@@H]4C[C@H](N)CN4C)=CC[C@H]3N)[C@@H](N)C[C@]2(N)C(=O)[C@@H](O)CN)OC[C@]1(C)O. The molecule has 1 aliphatic carbocycles. The third kappa shape index (κ3) is 6.83. The van der Waals surface area contributed by atoms with E-state index in [1.165, 1.54) is 6.92 Å². The van der Waals surface area contributed by atoms with Crippen molar-refractivity contribution in [3.05, 3.63) is 11.8 Å². The first kappa shape index (κ1) is 35.5. The second-order valence-electron chi connectivity index (χ2n) is 13.0. The Labute approximate surface area is 257 Å². The second kappa shape index (κ2) is 13.8. The monoisotopic (exact) mass is 632 g/mol. The number of aliphatic hydroxyl groups is 4. The number of aliphatic hydroxyl groups excluding tert-OH is 3. The molecule has 254 valence electrons. The lowest BCUT2D eigenvalue weighted by Gasteiger charge is -2.52. The molecule has 17 N–H and O–H groups in total. The predicted octanol–water partition coefficient (Wildman–Crippen LogP) is -6.19. The fourth-order valence-electron chi connectivity index (χ4n) is 6.92. The highest BCUT2D eigenvalue weighted by molar-refractivity contribution is 5.93. The third-order valence-corrected chi connectivity index (χ3v) is 9.42. The summed E-state index contributed by atoms with van der Waals surface area (Å²) >= 11 is 0. The fraction of sp³-hybridized carbons (Fsp3) is 0.889. The number of likely N-dealkylation sites (N-methyl/N-ethyl adjacent to an activating group) is 2. The van der Waals surface area contributed by atoms with Gasteiger partial charge in [-0.1, -0.05) is 0 Å². The molecule has 4 aliphatic rings. The van der Waals surface area contributed by atoms with Crippen molar-refractivity contribution in [3.8, 4) is 0 Å². The van der Waals surface area contributed by atoms with Crippen LogP contribution in [-0.2, 0) is 23.7 Å². The fourth-order valence-corrected chi connectivity index (χ4v) is 6.92. The Morgan fingerprint density at radius 2 is 1.89 bits per heavy atom. The number of carbonyl (C=O) groups is 1. The molecule has 0 amide bonds. The van der Waals surface area contributed by atoms with E-state index >= 15 is 0 Å². The van der Waals surface area contributed by atoms with Gasteiger partial charge in [0.2, 0.25) is 6.29 Å². The maximum atomic E-state index is 13.4. The number of nitrogens with two attached hydrogens (primary N) is 6. The van der Waals surface area contributed by atoms with Crippen molar-refractivity contribution in [1.29, 1.82) is 0 Å². The maximum absolute atomic E-state index is 13.4. The molecule has 17 nitrogen and oxygen atoms in total. The molecular weight excluding hydrogens is 580 g/mol. The number of carbonyl (C=O) groups excluding carboxylic acids is 1. The molecule has 3 aliphatic heterocycles. The molecule has 1 saturated carbocycles. The highest BCUT2D eigenvalue weighted by Crippen LogP contribution is 2.37. The predicted molar refractivity (Wildman–Crippen MR) is 157 cm³/mol. The van der Waals surface area contributed by atoms with Crippen LogP contribution in [0.1, 0.15) is 26.2 Å². The van der Waals surface area contributed by atoms with Crippen LogP contribution in [0.2, 0.25) is 0 Å². The number of likely N-dealkylation sites (tertiary alicyclic amines) is 1. The van der Waals surface area contributed by atoms with Crippen molar-refractivity contribution >= 4 is 5.78 Å². The normalized spacial score (nSPS) is 46.7. The van der Waals surface area contributed by atoms with Crippen LogP contribution < -0.4 is 39.7 Å². The van der Waals surface area contributed by atoms with Gasteiger partial charge in [-0.05, 0) is 46.4 Å². The summed E-state index contributed by atoms with van der Waals surface area (Å²) in [6.45, 7) is 1.48. The zero-order valence-corrected chi connectivity index (χ0v) is 25.6. The number of ether oxygens (including phenoxy) is 4. The minimum absolute atomic E-state index is 0.0138. The second-order valence-corrected chi connectivity index (χ2v) is 13.0. The van der Waals surface area contributed by atoms with Gasteiger partial charge in [-0.3, -0.25) is 9.69 Å². The summed E-state index contributed by atoms with van der Waals surface area (Å²) in [5, 5.41) is 46.5. The van der Waals surface area contributed by atoms with E-state index in [1.54, 1.807) is 7.05 Å². The van der Waals surface area contributed by atoms with Crippen molar-refractivity contribution in [3.63, 3.8) is 0 Å². The molecule has 0 aromatic carbocycles. The van der Waals surface area contributed by atoms with Crippen molar-refractivity contribution in [2.45, 2.75) is 117 Å². The number of Topliss-reactive ketones (excluding diaryl/α,β-unsaturated/α-hetero) is 1. The van der Waals surface area contributed by atoms with Crippen LogP contribution in [0.3, 0.4) is 0 Å². The van der Waals surface area contributed by atoms with Crippen LogP contribution in [0.5, 0.6) is 0 Å². The molecule has 44 heavy (non-hydrogen) atoms. The van der Waals surface area contributed by atoms with E-state index in [0.29, 0.717) is 25.1 Å². The summed E-state index contributed by atoms with van der Waals surface area (Å²) < 4.78 is 24.0. The summed E-state index contributed by atoms with van der Waals surface area (Å²) in [6, 6.07) is -3.19. The summed E-state index contributed by atoms with van der Waals surface area (Å²) in [4.78, 5) is 15.4. The van der Waals surface area contributed by atoms with E-state index in [1.807, 2.05) is 13.1 Å². The van der Waals surface area contributed by atoms with Crippen LogP contribution in [0.15, 0.2) is 11.8 Å². The molecule has 0 aromatic heterocycles. The van der Waals surface area contributed by atoms with Gasteiger partial charge in [0, 0.05) is 31.2 Å². The first-order valence-corrected chi connectivity index (χ1v) is 15.0. The largest absolute Gasteiger partial charge is 0.466 e. The van der Waals surface area contributed by atoms with E-state index in [2.05, 4.69) is 10.2 Å². The number of rotatable bonds is 10. The molecule has 0 aromatic rings. The van der Waals surface area contributed by atoms with Gasteiger partial charge < -0.3 is 79.1 Å². The van der Waals surface area contributed by atoms with Crippen LogP contribution in [0, 0.1) is 0 Å². The Kier molecular flexibility index (Phi) is 11.1. The number of hydrogen-bond acceptors (Lipinski definition) is 17. The van der Waals surface area contributed by atoms with Gasteiger partial charge in [0.05, 0.1) is 24.7 Å². The van der Waals surface area contributed by atoms with Gasteiger partial charge in [-0.25, -0.2) is 0 Å². The highest BCUT2D eigenvalue weighted by Gasteiger charge is 2.59. The van der Waals surface area contributed by atoms with Crippen LogP contribution in [0.4, 0.5) is 0 Å². The number of nitrogens with zero attached hydrogens (tertiary/aromatic N) is 1. The zero-order valence-electron chi connectivity index (χ0n) is 25.6. The number of ketones is 1. The van der Waals surface area contributed by atoms with Crippen LogP contribution >= 0.6 is 0 Å². The summed E-state index contributed by atoms with van der Waals surface area (Å²) in [5.74, 6) is -0.450. The van der Waals surface area contributed by atoms with Gasteiger partial charge in [-0.2, -0.15) is 0 Å². The molecular formula is C27H52N8O9. The average Bonchev–Trinajstić information content (AvgIpc) is 3.31. The minimum Gasteiger partial charge on any atom is -0.466 e. The lowest BCUT2D eigenvalue weighted by atomic mass is 9.70. The Bertz CT molecular complexity index is 1040. The van der Waals surface area contributed by atoms with E-state index in [-0.39, 0.29) is 25.1 Å². The number of nitrogens with one attached hydrogen (secondary N) is 1. The highest BCUT2D eigenvalue weighted by atomic mass is 16.7. The third-order valence-electron chi connectivity index (χ3n) is 9.42. The van der Waals surface area contributed by atoms with Gasteiger partial charge in [0.25, 0.3) is 0 Å². The summed E-state index contributed by atoms with van der Waals surface area (Å²) in [5.41, 5.74) is 34.1. The zero-order chi connectivity index (χ0) is 32.7.